The van der Waals surface area contributed by atoms with Gasteiger partial charge in [0, 0.05) is 0 Å². The van der Waals surface area contributed by atoms with Gasteiger partial charge in [0.05, 0.1) is 13.1 Å². The quantitative estimate of drug-likeness (QED) is 0.182. The minimum atomic E-state index is 0.949. The Kier molecular flexibility index (Phi) is 8.45. The summed E-state index contributed by atoms with van der Waals surface area (Å²) in [6.45, 7) is 17.4. The Balaban J connectivity index is 1.17. The van der Waals surface area contributed by atoms with Crippen LogP contribution in [0.2, 0.25) is 0 Å². The average Bonchev–Trinajstić information content (AvgIpc) is 3.45. The molecule has 0 saturated heterocycles. The molecule has 4 rings (SSSR count). The van der Waals surface area contributed by atoms with Crippen molar-refractivity contribution in [3.63, 3.8) is 0 Å². The van der Waals surface area contributed by atoms with Crippen LogP contribution in [-0.2, 0) is 26.2 Å². The van der Waals surface area contributed by atoms with E-state index in [4.69, 9.17) is 0 Å². The lowest BCUT2D eigenvalue weighted by atomic mass is 10.00. The van der Waals surface area contributed by atoms with Crippen LogP contribution in [-0.4, -0.2) is 9.13 Å². The summed E-state index contributed by atoms with van der Waals surface area (Å²) in [4.78, 5) is 0. The SMILES string of the molecule is Cc1cc(C)c(C[n+]2ccn(CCCCCCn3cc[n+](Cc4c(C)cc(C)cc4C)c3)c2)c(C)c1. The fourth-order valence-electron chi connectivity index (χ4n) is 5.56. The molecule has 0 atom stereocenters. The standard InChI is InChI=1S/C32H44N4/c1-25-17-27(3)31(28(4)18-25)21-35-15-13-33(23-35)11-9-7-8-10-12-34-14-16-36(24-34)22-32-29(5)19-26(2)20-30(32)6/h13-20,23-24H,7-12,21-22H2,1-6H3/q+2. The average molecular weight is 485 g/mol. The highest BCUT2D eigenvalue weighted by Gasteiger charge is 2.11. The molecule has 2 aromatic heterocycles. The molecule has 4 heteroatoms. The highest BCUT2D eigenvalue weighted by atomic mass is 15.1. The van der Waals surface area contributed by atoms with E-state index in [0.717, 1.165) is 26.2 Å². The Bertz CT molecular complexity index is 1160. The summed E-state index contributed by atoms with van der Waals surface area (Å²) < 4.78 is 9.29. The van der Waals surface area contributed by atoms with Gasteiger partial charge in [0.15, 0.2) is 0 Å². The second-order valence-corrected chi connectivity index (χ2v) is 10.8. The molecular weight excluding hydrogens is 440 g/mol. The topological polar surface area (TPSA) is 17.6 Å². The third-order valence-corrected chi connectivity index (χ3v) is 7.44. The number of rotatable bonds is 11. The van der Waals surface area contributed by atoms with Crippen LogP contribution in [0.1, 0.15) is 70.2 Å². The summed E-state index contributed by atoms with van der Waals surface area (Å²) in [5.41, 5.74) is 11.1. The summed E-state index contributed by atoms with van der Waals surface area (Å²) >= 11 is 0. The van der Waals surface area contributed by atoms with E-state index in [1.54, 1.807) is 0 Å². The van der Waals surface area contributed by atoms with Crippen molar-refractivity contribution in [3.05, 3.63) is 106 Å². The molecule has 0 aliphatic heterocycles. The van der Waals surface area contributed by atoms with Gasteiger partial charge in [-0.05, 0) is 101 Å². The van der Waals surface area contributed by atoms with Crippen LogP contribution in [0, 0.1) is 41.5 Å². The predicted molar refractivity (Wildman–Crippen MR) is 147 cm³/mol. The maximum absolute atomic E-state index is 2.34. The lowest BCUT2D eigenvalue weighted by molar-refractivity contribution is -0.688. The van der Waals surface area contributed by atoms with Gasteiger partial charge in [-0.15, -0.1) is 0 Å². The van der Waals surface area contributed by atoms with Gasteiger partial charge >= 0.3 is 0 Å². The van der Waals surface area contributed by atoms with Gasteiger partial charge in [0.2, 0.25) is 12.7 Å². The fraction of sp³-hybridized carbons (Fsp3) is 0.438. The first-order valence-corrected chi connectivity index (χ1v) is 13.5. The monoisotopic (exact) mass is 484 g/mol. The number of nitrogens with zero attached hydrogens (tertiary/aromatic N) is 4. The van der Waals surface area contributed by atoms with Crippen LogP contribution >= 0.6 is 0 Å². The number of unbranched alkanes of at least 4 members (excludes halogenated alkanes) is 3. The Hall–Kier alpha value is -3.14. The lowest BCUT2D eigenvalue weighted by Gasteiger charge is -2.09. The van der Waals surface area contributed by atoms with Crippen molar-refractivity contribution >= 4 is 0 Å². The molecule has 36 heavy (non-hydrogen) atoms. The molecule has 0 bridgehead atoms. The van der Waals surface area contributed by atoms with E-state index in [0.29, 0.717) is 0 Å². The number of hydrogen-bond acceptors (Lipinski definition) is 0. The van der Waals surface area contributed by atoms with E-state index < -0.39 is 0 Å². The van der Waals surface area contributed by atoms with Gasteiger partial charge < -0.3 is 0 Å². The Labute approximate surface area is 217 Å². The normalized spacial score (nSPS) is 11.4. The summed E-state index contributed by atoms with van der Waals surface area (Å²) in [5, 5.41) is 0. The summed E-state index contributed by atoms with van der Waals surface area (Å²) in [6.07, 6.45) is 18.4. The van der Waals surface area contributed by atoms with Crippen LogP contribution in [0.4, 0.5) is 0 Å². The summed E-state index contributed by atoms with van der Waals surface area (Å²) in [5.74, 6) is 0. The zero-order chi connectivity index (χ0) is 25.7. The predicted octanol–water partition coefficient (Wildman–Crippen LogP) is 6.07. The van der Waals surface area contributed by atoms with E-state index in [2.05, 4.69) is 122 Å². The molecule has 2 aromatic carbocycles. The minimum Gasteiger partial charge on any atom is -0.237 e. The van der Waals surface area contributed by atoms with Crippen LogP contribution in [0.25, 0.3) is 0 Å². The molecule has 0 spiro atoms. The third kappa shape index (κ3) is 6.75. The molecule has 190 valence electrons. The molecule has 0 N–H and O–H groups in total. The van der Waals surface area contributed by atoms with Crippen molar-refractivity contribution in [2.75, 3.05) is 0 Å². The molecular formula is C32H44N4+2. The first kappa shape index (κ1) is 25.9. The Morgan fingerprint density at radius 1 is 0.528 bits per heavy atom. The molecule has 4 nitrogen and oxygen atoms in total. The number of hydrogen-bond donors (Lipinski definition) is 0. The van der Waals surface area contributed by atoms with E-state index in [-0.39, 0.29) is 0 Å². The Morgan fingerprint density at radius 2 is 0.889 bits per heavy atom. The van der Waals surface area contributed by atoms with Gasteiger partial charge in [0.25, 0.3) is 0 Å². The molecule has 2 heterocycles. The largest absolute Gasteiger partial charge is 0.244 e. The number of aryl methyl sites for hydroxylation is 8. The van der Waals surface area contributed by atoms with Gasteiger partial charge in [-0.25, -0.2) is 18.3 Å². The zero-order valence-corrected chi connectivity index (χ0v) is 23.2. The van der Waals surface area contributed by atoms with E-state index >= 15 is 0 Å². The number of benzene rings is 2. The highest BCUT2D eigenvalue weighted by molar-refractivity contribution is 5.37. The first-order valence-electron chi connectivity index (χ1n) is 13.5. The van der Waals surface area contributed by atoms with Crippen LogP contribution in [0.5, 0.6) is 0 Å². The first-order chi connectivity index (χ1) is 17.3. The van der Waals surface area contributed by atoms with Gasteiger partial charge in [-0.1, -0.05) is 35.4 Å². The number of aromatic nitrogens is 4. The van der Waals surface area contributed by atoms with Crippen molar-refractivity contribution in [2.24, 2.45) is 0 Å². The van der Waals surface area contributed by atoms with Gasteiger partial charge in [0.1, 0.15) is 37.9 Å². The summed E-state index contributed by atoms with van der Waals surface area (Å²) in [7, 11) is 0. The van der Waals surface area contributed by atoms with E-state index in [9.17, 15) is 0 Å². The lowest BCUT2D eigenvalue weighted by Crippen LogP contribution is -2.32. The fourth-order valence-corrected chi connectivity index (χ4v) is 5.56. The number of imidazole rings is 2. The van der Waals surface area contributed by atoms with Crippen molar-refractivity contribution in [3.8, 4) is 0 Å². The summed E-state index contributed by atoms with van der Waals surface area (Å²) in [6, 6.07) is 9.16. The van der Waals surface area contributed by atoms with Gasteiger partial charge in [-0.3, -0.25) is 0 Å². The van der Waals surface area contributed by atoms with Crippen molar-refractivity contribution in [1.29, 1.82) is 0 Å². The van der Waals surface area contributed by atoms with Crippen molar-refractivity contribution in [2.45, 2.75) is 93.4 Å². The van der Waals surface area contributed by atoms with E-state index in [1.807, 2.05) is 0 Å². The third-order valence-electron chi connectivity index (χ3n) is 7.44. The van der Waals surface area contributed by atoms with E-state index in [1.165, 1.54) is 70.2 Å². The zero-order valence-electron chi connectivity index (χ0n) is 23.2. The molecule has 0 unspecified atom stereocenters. The molecule has 0 aliphatic carbocycles. The maximum Gasteiger partial charge on any atom is 0.244 e. The van der Waals surface area contributed by atoms with Crippen LogP contribution < -0.4 is 9.13 Å². The molecule has 0 amide bonds. The van der Waals surface area contributed by atoms with Crippen LogP contribution in [0.15, 0.2) is 61.7 Å². The second kappa shape index (κ2) is 11.7. The molecule has 0 fully saturated rings. The molecule has 0 radical (unpaired) electrons. The molecule has 0 saturated carbocycles. The molecule has 4 aromatic rings. The van der Waals surface area contributed by atoms with Crippen LogP contribution in [0.3, 0.4) is 0 Å². The van der Waals surface area contributed by atoms with Gasteiger partial charge in [-0.2, -0.15) is 0 Å². The maximum atomic E-state index is 2.34. The van der Waals surface area contributed by atoms with Crippen molar-refractivity contribution < 1.29 is 9.13 Å². The van der Waals surface area contributed by atoms with Crippen molar-refractivity contribution in [1.82, 2.24) is 9.13 Å². The second-order valence-electron chi connectivity index (χ2n) is 10.8. The molecule has 0 aliphatic rings. The smallest absolute Gasteiger partial charge is 0.237 e. The minimum absolute atomic E-state index is 0.949. The Morgan fingerprint density at radius 3 is 1.25 bits per heavy atom. The highest BCUT2D eigenvalue weighted by Crippen LogP contribution is 2.17.